The second-order valence-corrected chi connectivity index (χ2v) is 12.5. The van der Waals surface area contributed by atoms with Gasteiger partial charge in [-0.1, -0.05) is 108 Å². The lowest BCUT2D eigenvalue weighted by atomic mass is 9.76. The highest BCUT2D eigenvalue weighted by atomic mass is 16.2. The van der Waals surface area contributed by atoms with Crippen molar-refractivity contribution in [2.75, 3.05) is 24.6 Å². The maximum absolute atomic E-state index is 12.2. The van der Waals surface area contributed by atoms with Crippen molar-refractivity contribution in [3.63, 3.8) is 0 Å². The third-order valence-electron chi connectivity index (χ3n) is 8.66. The summed E-state index contributed by atoms with van der Waals surface area (Å²) < 4.78 is 0. The molecule has 0 fully saturated rings. The topological polar surface area (TPSA) is 52.6 Å². The van der Waals surface area contributed by atoms with E-state index in [0.29, 0.717) is 6.42 Å². The van der Waals surface area contributed by atoms with Crippen molar-refractivity contribution in [3.8, 4) is 0 Å². The van der Waals surface area contributed by atoms with Crippen LogP contribution in [0.15, 0.2) is 84.6 Å². The largest absolute Gasteiger partial charge is 0.396 e. The van der Waals surface area contributed by atoms with Crippen LogP contribution in [0, 0.1) is 6.92 Å². The molecule has 1 heterocycles. The minimum atomic E-state index is -0.152. The summed E-state index contributed by atoms with van der Waals surface area (Å²) in [6.07, 6.45) is 14.1. The molecule has 1 aliphatic heterocycles. The number of unbranched alkanes of at least 4 members (excludes halogenated alkanes) is 5. The molecule has 2 N–H and O–H groups in total. The quantitative estimate of drug-likeness (QED) is 0.162. The van der Waals surface area contributed by atoms with E-state index >= 15 is 0 Å². The Kier molecular flexibility index (Phi) is 12.0. The van der Waals surface area contributed by atoms with Crippen LogP contribution in [-0.2, 0) is 15.6 Å². The lowest BCUT2D eigenvalue weighted by molar-refractivity contribution is -0.121. The fourth-order valence-corrected chi connectivity index (χ4v) is 5.93. The Morgan fingerprint density at radius 3 is 2.41 bits per heavy atom. The number of amides is 1. The zero-order chi connectivity index (χ0) is 29.9. The van der Waals surface area contributed by atoms with Gasteiger partial charge in [0.1, 0.15) is 0 Å². The van der Waals surface area contributed by atoms with Gasteiger partial charge in [0, 0.05) is 48.3 Å². The van der Waals surface area contributed by atoms with Crippen molar-refractivity contribution < 1.29 is 9.90 Å². The molecule has 0 radical (unpaired) electrons. The Morgan fingerprint density at radius 2 is 1.66 bits per heavy atom. The molecule has 0 aliphatic carbocycles. The van der Waals surface area contributed by atoms with Gasteiger partial charge in [0.05, 0.1) is 0 Å². The number of para-hydroxylation sites is 1. The molecular formula is C37H52N2O2. The van der Waals surface area contributed by atoms with E-state index in [-0.39, 0.29) is 23.3 Å². The number of anilines is 1. The van der Waals surface area contributed by atoms with Gasteiger partial charge in [-0.25, -0.2) is 0 Å². The number of aliphatic hydroxyl groups is 1. The number of hydrogen-bond acceptors (Lipinski definition) is 3. The van der Waals surface area contributed by atoms with E-state index in [1.54, 1.807) is 0 Å². The first-order valence-corrected chi connectivity index (χ1v) is 15.5. The van der Waals surface area contributed by atoms with Crippen LogP contribution >= 0.6 is 0 Å². The highest BCUT2D eigenvalue weighted by Crippen LogP contribution is 2.47. The van der Waals surface area contributed by atoms with Gasteiger partial charge >= 0.3 is 0 Å². The van der Waals surface area contributed by atoms with Crippen molar-refractivity contribution in [3.05, 3.63) is 101 Å². The molecule has 4 heteroatoms. The summed E-state index contributed by atoms with van der Waals surface area (Å²) in [7, 11) is 0. The van der Waals surface area contributed by atoms with Crippen LogP contribution < -0.4 is 10.2 Å². The molecule has 0 saturated heterocycles. The fraction of sp³-hybridized carbons (Fsp3) is 0.486. The van der Waals surface area contributed by atoms with Gasteiger partial charge in [0.2, 0.25) is 5.91 Å². The molecule has 4 nitrogen and oxygen atoms in total. The maximum Gasteiger partial charge on any atom is 0.219 e. The molecule has 2 aromatic rings. The van der Waals surface area contributed by atoms with Crippen LogP contribution in [0.5, 0.6) is 0 Å². The third kappa shape index (κ3) is 8.45. The molecule has 0 aromatic heterocycles. The molecule has 3 rings (SSSR count). The molecule has 222 valence electrons. The first-order chi connectivity index (χ1) is 19.6. The summed E-state index contributed by atoms with van der Waals surface area (Å²) in [4.78, 5) is 14.7. The minimum absolute atomic E-state index is 0.0924. The summed E-state index contributed by atoms with van der Waals surface area (Å²) in [5, 5.41) is 11.9. The number of benzene rings is 2. The number of nitrogens with one attached hydrogen (secondary N) is 1. The number of nitrogens with zero attached hydrogens (tertiary/aromatic N) is 1. The number of carbonyl (C=O) groups excluding carboxylic acids is 1. The van der Waals surface area contributed by atoms with Crippen LogP contribution in [-0.4, -0.2) is 30.7 Å². The Bertz CT molecular complexity index is 1220. The first kappa shape index (κ1) is 32.4. The maximum atomic E-state index is 12.2. The second-order valence-electron chi connectivity index (χ2n) is 12.5. The lowest BCUT2D eigenvalue weighted by Gasteiger charge is -2.28. The van der Waals surface area contributed by atoms with E-state index in [2.05, 4.69) is 118 Å². The second kappa shape index (κ2) is 15.2. The Hall–Kier alpha value is -3.11. The van der Waals surface area contributed by atoms with Crippen LogP contribution in [0.4, 0.5) is 5.69 Å². The van der Waals surface area contributed by atoms with Gasteiger partial charge in [0.25, 0.3) is 0 Å². The number of fused-ring (bicyclic) bond motifs is 1. The van der Waals surface area contributed by atoms with Crippen LogP contribution in [0.2, 0.25) is 0 Å². The summed E-state index contributed by atoms with van der Waals surface area (Å²) in [6.45, 7) is 17.7. The van der Waals surface area contributed by atoms with Crippen molar-refractivity contribution in [1.82, 2.24) is 5.32 Å². The predicted octanol–water partition coefficient (Wildman–Crippen LogP) is 8.30. The van der Waals surface area contributed by atoms with E-state index in [1.807, 2.05) is 0 Å². The van der Waals surface area contributed by atoms with Gasteiger partial charge in [-0.3, -0.25) is 4.79 Å². The molecule has 41 heavy (non-hydrogen) atoms. The Balaban J connectivity index is 1.60. The SMILES string of the molecule is C=C(/C=C/C=C1/N(CCCCCC(=O)NCCCCCCO)c2ccccc2C1(C)C)C(C)(C)c1ccccc1C. The number of hydrogen-bond donors (Lipinski definition) is 2. The molecule has 0 unspecified atom stereocenters. The molecule has 0 spiro atoms. The number of rotatable bonds is 16. The normalized spacial score (nSPS) is 15.5. The van der Waals surface area contributed by atoms with Crippen molar-refractivity contribution in [2.45, 2.75) is 96.8 Å². The number of carbonyl (C=O) groups is 1. The fourth-order valence-electron chi connectivity index (χ4n) is 5.93. The van der Waals surface area contributed by atoms with Gasteiger partial charge in [-0.2, -0.15) is 0 Å². The molecule has 0 atom stereocenters. The standard InChI is InChI=1S/C37H52N2O2/c1-29-19-11-12-21-31(29)36(3,4)30(2)20-18-24-34-37(5,6)32-22-13-14-23-33(32)39(34)27-16-9-10-25-35(41)38-26-15-7-8-17-28-40/h11-14,18-24,40H,2,7-10,15-17,25-28H2,1,3-6H3,(H,38,41)/b20-18+,34-24+. The zero-order valence-electron chi connectivity index (χ0n) is 26.1. The van der Waals surface area contributed by atoms with E-state index in [0.717, 1.165) is 63.6 Å². The van der Waals surface area contributed by atoms with Gasteiger partial charge in [-0.05, 0) is 67.0 Å². The lowest BCUT2D eigenvalue weighted by Crippen LogP contribution is -2.27. The van der Waals surface area contributed by atoms with E-state index in [1.165, 1.54) is 28.1 Å². The zero-order valence-corrected chi connectivity index (χ0v) is 26.1. The smallest absolute Gasteiger partial charge is 0.219 e. The molecular weight excluding hydrogens is 504 g/mol. The van der Waals surface area contributed by atoms with Crippen LogP contribution in [0.1, 0.15) is 95.8 Å². The summed E-state index contributed by atoms with van der Waals surface area (Å²) in [5.74, 6) is 0.152. The highest BCUT2D eigenvalue weighted by Gasteiger charge is 2.39. The summed E-state index contributed by atoms with van der Waals surface area (Å²) in [6, 6.07) is 17.3. The van der Waals surface area contributed by atoms with Gasteiger partial charge in [0.15, 0.2) is 0 Å². The molecule has 0 bridgehead atoms. The average molecular weight is 557 g/mol. The number of aliphatic hydroxyl groups excluding tert-OH is 1. The monoisotopic (exact) mass is 556 g/mol. The minimum Gasteiger partial charge on any atom is -0.396 e. The van der Waals surface area contributed by atoms with Crippen molar-refractivity contribution in [2.24, 2.45) is 0 Å². The molecule has 0 saturated carbocycles. The van der Waals surface area contributed by atoms with E-state index < -0.39 is 0 Å². The third-order valence-corrected chi connectivity index (χ3v) is 8.66. The summed E-state index contributed by atoms with van der Waals surface area (Å²) in [5.41, 5.74) is 7.39. The van der Waals surface area contributed by atoms with Crippen LogP contribution in [0.25, 0.3) is 0 Å². The number of aryl methyl sites for hydroxylation is 1. The molecule has 1 amide bonds. The van der Waals surface area contributed by atoms with Crippen LogP contribution in [0.3, 0.4) is 0 Å². The average Bonchev–Trinajstić information content (AvgIpc) is 3.16. The Morgan fingerprint density at radius 1 is 0.976 bits per heavy atom. The van der Waals surface area contributed by atoms with Crippen molar-refractivity contribution in [1.29, 1.82) is 0 Å². The first-order valence-electron chi connectivity index (χ1n) is 15.5. The Labute approximate surface area is 249 Å². The van der Waals surface area contributed by atoms with Crippen molar-refractivity contribution >= 4 is 11.6 Å². The molecule has 2 aromatic carbocycles. The highest BCUT2D eigenvalue weighted by molar-refractivity contribution is 5.75. The van der Waals surface area contributed by atoms with E-state index in [4.69, 9.17) is 5.11 Å². The number of allylic oxidation sites excluding steroid dienone is 5. The predicted molar refractivity (Wildman–Crippen MR) is 174 cm³/mol. The van der Waals surface area contributed by atoms with E-state index in [9.17, 15) is 4.79 Å². The summed E-state index contributed by atoms with van der Waals surface area (Å²) >= 11 is 0. The molecule has 1 aliphatic rings. The van der Waals surface area contributed by atoms with Gasteiger partial charge in [-0.15, -0.1) is 0 Å². The van der Waals surface area contributed by atoms with Gasteiger partial charge < -0.3 is 15.3 Å².